The molecule has 0 heterocycles. The van der Waals surface area contributed by atoms with Crippen molar-refractivity contribution in [3.05, 3.63) is 28.2 Å². The number of unbranched alkanes of at least 4 members (excludes halogenated alkanes) is 1. The van der Waals surface area contributed by atoms with Crippen LogP contribution in [0.1, 0.15) is 37.8 Å². The molecule has 0 aliphatic rings. The van der Waals surface area contributed by atoms with Gasteiger partial charge in [-0.3, -0.25) is 11.3 Å². The molecule has 0 amide bonds. The van der Waals surface area contributed by atoms with Gasteiger partial charge in [0, 0.05) is 16.1 Å². The molecule has 0 fully saturated rings. The Morgan fingerprint density at radius 3 is 2.81 bits per heavy atom. The minimum Gasteiger partial charge on any atom is -0.496 e. The van der Waals surface area contributed by atoms with Crippen LogP contribution in [-0.2, 0) is 0 Å². The number of rotatable bonds is 6. The molecule has 0 radical (unpaired) electrons. The van der Waals surface area contributed by atoms with Gasteiger partial charge in [0.15, 0.2) is 0 Å². The smallest absolute Gasteiger partial charge is 0.124 e. The van der Waals surface area contributed by atoms with Crippen molar-refractivity contribution in [2.24, 2.45) is 5.84 Å². The van der Waals surface area contributed by atoms with Crippen molar-refractivity contribution in [2.45, 2.75) is 32.2 Å². The first-order chi connectivity index (χ1) is 7.72. The van der Waals surface area contributed by atoms with Gasteiger partial charge in [0.05, 0.1) is 7.11 Å². The minimum absolute atomic E-state index is 0.156. The maximum absolute atomic E-state index is 5.59. The molecule has 16 heavy (non-hydrogen) atoms. The molecular weight excluding hydrogens is 268 g/mol. The van der Waals surface area contributed by atoms with Crippen LogP contribution in [0, 0.1) is 0 Å². The topological polar surface area (TPSA) is 47.3 Å². The van der Waals surface area contributed by atoms with Crippen LogP contribution in [0.2, 0.25) is 0 Å². The zero-order valence-corrected chi connectivity index (χ0v) is 11.4. The molecule has 1 atom stereocenters. The maximum atomic E-state index is 5.59. The van der Waals surface area contributed by atoms with Crippen LogP contribution in [-0.4, -0.2) is 7.11 Å². The molecule has 1 aromatic rings. The zero-order chi connectivity index (χ0) is 12.0. The number of ether oxygens (including phenoxy) is 1. The Bertz CT molecular complexity index is 331. The van der Waals surface area contributed by atoms with E-state index in [1.165, 1.54) is 0 Å². The van der Waals surface area contributed by atoms with E-state index < -0.39 is 0 Å². The van der Waals surface area contributed by atoms with Crippen LogP contribution in [0.5, 0.6) is 5.75 Å². The first-order valence-corrected chi connectivity index (χ1v) is 6.31. The summed E-state index contributed by atoms with van der Waals surface area (Å²) in [5, 5.41) is 0. The molecule has 0 aliphatic heterocycles. The summed E-state index contributed by atoms with van der Waals surface area (Å²) in [5.74, 6) is 6.46. The highest BCUT2D eigenvalue weighted by Gasteiger charge is 2.14. The molecule has 1 rings (SSSR count). The van der Waals surface area contributed by atoms with E-state index in [0.717, 1.165) is 35.0 Å². The van der Waals surface area contributed by atoms with Crippen LogP contribution in [0.15, 0.2) is 22.7 Å². The lowest BCUT2D eigenvalue weighted by molar-refractivity contribution is 0.393. The molecule has 1 unspecified atom stereocenters. The van der Waals surface area contributed by atoms with Crippen LogP contribution in [0.25, 0.3) is 0 Å². The van der Waals surface area contributed by atoms with E-state index in [1.54, 1.807) is 7.11 Å². The number of halogens is 1. The molecule has 1 aromatic carbocycles. The molecule has 0 spiro atoms. The molecule has 0 aliphatic carbocycles. The number of nitrogens with one attached hydrogen (secondary N) is 1. The number of hydrogen-bond acceptors (Lipinski definition) is 3. The number of methoxy groups -OCH3 is 1. The third kappa shape index (κ3) is 3.47. The fraction of sp³-hybridized carbons (Fsp3) is 0.500. The van der Waals surface area contributed by atoms with Gasteiger partial charge in [0.1, 0.15) is 5.75 Å². The summed E-state index contributed by atoms with van der Waals surface area (Å²) in [7, 11) is 1.68. The van der Waals surface area contributed by atoms with Crippen LogP contribution < -0.4 is 16.0 Å². The van der Waals surface area contributed by atoms with Crippen LogP contribution in [0.4, 0.5) is 0 Å². The SMILES string of the molecule is CCCCC(NN)c1ccc(Br)cc1OC. The Labute approximate surface area is 105 Å². The highest BCUT2D eigenvalue weighted by molar-refractivity contribution is 9.10. The van der Waals surface area contributed by atoms with Crippen molar-refractivity contribution in [1.82, 2.24) is 5.43 Å². The van der Waals surface area contributed by atoms with Gasteiger partial charge in [-0.25, -0.2) is 0 Å². The molecule has 0 saturated carbocycles. The summed E-state index contributed by atoms with van der Waals surface area (Å²) in [5.41, 5.74) is 3.96. The van der Waals surface area contributed by atoms with E-state index >= 15 is 0 Å². The summed E-state index contributed by atoms with van der Waals surface area (Å²) >= 11 is 3.43. The summed E-state index contributed by atoms with van der Waals surface area (Å²) < 4.78 is 6.38. The van der Waals surface area contributed by atoms with Gasteiger partial charge in [-0.15, -0.1) is 0 Å². The highest BCUT2D eigenvalue weighted by Crippen LogP contribution is 2.30. The second kappa shape index (κ2) is 6.89. The summed E-state index contributed by atoms with van der Waals surface area (Å²) in [6.45, 7) is 2.17. The van der Waals surface area contributed by atoms with E-state index in [4.69, 9.17) is 10.6 Å². The van der Waals surface area contributed by atoms with Crippen molar-refractivity contribution in [3.63, 3.8) is 0 Å². The Morgan fingerprint density at radius 2 is 2.25 bits per heavy atom. The van der Waals surface area contributed by atoms with E-state index in [1.807, 2.05) is 18.2 Å². The van der Waals surface area contributed by atoms with Crippen molar-refractivity contribution in [3.8, 4) is 5.75 Å². The number of benzene rings is 1. The fourth-order valence-electron chi connectivity index (χ4n) is 1.71. The van der Waals surface area contributed by atoms with E-state index in [0.29, 0.717) is 0 Å². The predicted octanol–water partition coefficient (Wildman–Crippen LogP) is 3.15. The van der Waals surface area contributed by atoms with Crippen LogP contribution in [0.3, 0.4) is 0 Å². The Balaban J connectivity index is 2.90. The first-order valence-electron chi connectivity index (χ1n) is 5.52. The minimum atomic E-state index is 0.156. The second-order valence-corrected chi connectivity index (χ2v) is 4.66. The molecule has 0 bridgehead atoms. The van der Waals surface area contributed by atoms with E-state index in [9.17, 15) is 0 Å². The molecular formula is C12H19BrN2O. The Hall–Kier alpha value is -0.580. The highest BCUT2D eigenvalue weighted by atomic mass is 79.9. The van der Waals surface area contributed by atoms with Crippen molar-refractivity contribution in [1.29, 1.82) is 0 Å². The average Bonchev–Trinajstić information content (AvgIpc) is 2.31. The Kier molecular flexibility index (Phi) is 5.80. The quantitative estimate of drug-likeness (QED) is 0.624. The van der Waals surface area contributed by atoms with Gasteiger partial charge < -0.3 is 4.74 Å². The fourth-order valence-corrected chi connectivity index (χ4v) is 2.05. The largest absolute Gasteiger partial charge is 0.496 e. The molecule has 4 heteroatoms. The third-order valence-electron chi connectivity index (χ3n) is 2.62. The average molecular weight is 287 g/mol. The predicted molar refractivity (Wildman–Crippen MR) is 70.3 cm³/mol. The van der Waals surface area contributed by atoms with Gasteiger partial charge in [0.2, 0.25) is 0 Å². The lowest BCUT2D eigenvalue weighted by Gasteiger charge is -2.19. The van der Waals surface area contributed by atoms with E-state index in [-0.39, 0.29) is 6.04 Å². The van der Waals surface area contributed by atoms with Gasteiger partial charge in [0.25, 0.3) is 0 Å². The molecule has 3 nitrogen and oxygen atoms in total. The molecule has 3 N–H and O–H groups in total. The lowest BCUT2D eigenvalue weighted by Crippen LogP contribution is -2.28. The maximum Gasteiger partial charge on any atom is 0.124 e. The lowest BCUT2D eigenvalue weighted by atomic mass is 10.0. The molecule has 0 saturated heterocycles. The van der Waals surface area contributed by atoms with Gasteiger partial charge in [-0.1, -0.05) is 41.8 Å². The van der Waals surface area contributed by atoms with Crippen molar-refractivity contribution < 1.29 is 4.74 Å². The van der Waals surface area contributed by atoms with Crippen molar-refractivity contribution in [2.75, 3.05) is 7.11 Å². The zero-order valence-electron chi connectivity index (χ0n) is 9.79. The second-order valence-electron chi connectivity index (χ2n) is 3.75. The number of nitrogens with two attached hydrogens (primary N) is 1. The standard InChI is InChI=1S/C12H19BrN2O/c1-3-4-5-11(15-14)10-7-6-9(13)8-12(10)16-2/h6-8,11,15H,3-5,14H2,1-2H3. The van der Waals surface area contributed by atoms with Gasteiger partial charge in [-0.2, -0.15) is 0 Å². The molecule has 90 valence electrons. The number of hydrazine groups is 1. The van der Waals surface area contributed by atoms with E-state index in [2.05, 4.69) is 28.3 Å². The summed E-state index contributed by atoms with van der Waals surface area (Å²) in [6, 6.07) is 6.17. The van der Waals surface area contributed by atoms with Gasteiger partial charge >= 0.3 is 0 Å². The summed E-state index contributed by atoms with van der Waals surface area (Å²) in [4.78, 5) is 0. The normalized spacial score (nSPS) is 12.5. The summed E-state index contributed by atoms with van der Waals surface area (Å²) in [6.07, 6.45) is 3.33. The van der Waals surface area contributed by atoms with Crippen molar-refractivity contribution >= 4 is 15.9 Å². The molecule has 0 aromatic heterocycles. The Morgan fingerprint density at radius 1 is 1.50 bits per heavy atom. The number of hydrogen-bond donors (Lipinski definition) is 2. The first kappa shape index (κ1) is 13.5. The van der Waals surface area contributed by atoms with Crippen LogP contribution >= 0.6 is 15.9 Å². The monoisotopic (exact) mass is 286 g/mol. The third-order valence-corrected chi connectivity index (χ3v) is 3.11. The van der Waals surface area contributed by atoms with Gasteiger partial charge in [-0.05, 0) is 18.6 Å².